The van der Waals surface area contributed by atoms with Crippen molar-refractivity contribution in [1.29, 1.82) is 0 Å². The molecule has 0 atom stereocenters. The number of benzene rings is 1. The lowest BCUT2D eigenvalue weighted by Crippen LogP contribution is -2.27. The zero-order valence-corrected chi connectivity index (χ0v) is 14.0. The van der Waals surface area contributed by atoms with Crippen molar-refractivity contribution in [1.82, 2.24) is 15.3 Å². The number of rotatable bonds is 7. The fraction of sp³-hybridized carbons (Fsp3) is 0.389. The molecule has 0 saturated heterocycles. The van der Waals surface area contributed by atoms with Gasteiger partial charge in [0.25, 0.3) is 5.91 Å². The molecule has 2 aromatic rings. The van der Waals surface area contributed by atoms with Gasteiger partial charge in [-0.25, -0.2) is 9.97 Å². The van der Waals surface area contributed by atoms with Crippen molar-refractivity contribution in [3.8, 4) is 0 Å². The molecule has 5 heteroatoms. The molecule has 1 aromatic carbocycles. The molecule has 0 radical (unpaired) electrons. The van der Waals surface area contributed by atoms with Crippen LogP contribution in [0.4, 0.5) is 11.6 Å². The van der Waals surface area contributed by atoms with E-state index in [0.717, 1.165) is 18.7 Å². The smallest absolute Gasteiger partial charge is 0.270 e. The van der Waals surface area contributed by atoms with Crippen molar-refractivity contribution < 1.29 is 4.79 Å². The highest BCUT2D eigenvalue weighted by Crippen LogP contribution is 2.20. The molecule has 0 bridgehead atoms. The first-order valence-corrected chi connectivity index (χ1v) is 8.05. The highest BCUT2D eigenvalue weighted by atomic mass is 16.1. The first-order valence-electron chi connectivity index (χ1n) is 8.05. The van der Waals surface area contributed by atoms with Crippen molar-refractivity contribution in [3.63, 3.8) is 0 Å². The first kappa shape index (κ1) is 16.9. The number of amides is 1. The average molecular weight is 312 g/mol. The van der Waals surface area contributed by atoms with Gasteiger partial charge in [-0.15, -0.1) is 0 Å². The van der Waals surface area contributed by atoms with E-state index in [1.54, 1.807) is 12.3 Å². The van der Waals surface area contributed by atoms with Gasteiger partial charge in [0.2, 0.25) is 5.95 Å². The Morgan fingerprint density at radius 2 is 1.96 bits per heavy atom. The molecule has 1 N–H and O–H groups in total. The van der Waals surface area contributed by atoms with Crippen molar-refractivity contribution in [2.75, 3.05) is 18.0 Å². The maximum absolute atomic E-state index is 12.2. The second kappa shape index (κ2) is 8.27. The number of hydrogen-bond acceptors (Lipinski definition) is 4. The summed E-state index contributed by atoms with van der Waals surface area (Å²) in [7, 11) is 0. The molecular formula is C18H24N4O. The third-order valence-electron chi connectivity index (χ3n) is 3.51. The van der Waals surface area contributed by atoms with Crippen LogP contribution in [0.25, 0.3) is 0 Å². The summed E-state index contributed by atoms with van der Waals surface area (Å²) in [6, 6.07) is 11.6. The summed E-state index contributed by atoms with van der Waals surface area (Å²) >= 11 is 0. The van der Waals surface area contributed by atoms with Crippen LogP contribution < -0.4 is 10.2 Å². The monoisotopic (exact) mass is 312 g/mol. The highest BCUT2D eigenvalue weighted by Gasteiger charge is 2.13. The Hall–Kier alpha value is -2.43. The third kappa shape index (κ3) is 4.77. The van der Waals surface area contributed by atoms with Crippen LogP contribution >= 0.6 is 0 Å². The molecule has 122 valence electrons. The Morgan fingerprint density at radius 1 is 1.22 bits per heavy atom. The van der Waals surface area contributed by atoms with Crippen LogP contribution in [0.3, 0.4) is 0 Å². The van der Waals surface area contributed by atoms with Gasteiger partial charge in [-0.05, 0) is 37.5 Å². The maximum Gasteiger partial charge on any atom is 0.270 e. The van der Waals surface area contributed by atoms with Crippen LogP contribution in [0.1, 0.15) is 37.7 Å². The Bertz CT molecular complexity index is 628. The van der Waals surface area contributed by atoms with Crippen molar-refractivity contribution in [2.45, 2.75) is 27.2 Å². The number of aromatic nitrogens is 2. The van der Waals surface area contributed by atoms with Crippen LogP contribution in [0.5, 0.6) is 0 Å². The number of nitrogens with one attached hydrogen (secondary N) is 1. The standard InChI is InChI=1S/C18H24N4O/c1-4-22(15-8-6-5-7-9-15)18-20-13-11-16(21-18)17(23)19-12-10-14(2)3/h5-9,11,13-14H,4,10,12H2,1-3H3,(H,19,23). The Labute approximate surface area is 137 Å². The molecule has 0 aliphatic heterocycles. The highest BCUT2D eigenvalue weighted by molar-refractivity contribution is 5.92. The molecule has 0 spiro atoms. The predicted molar refractivity (Wildman–Crippen MR) is 92.9 cm³/mol. The van der Waals surface area contributed by atoms with E-state index in [9.17, 15) is 4.79 Å². The lowest BCUT2D eigenvalue weighted by Gasteiger charge is -2.21. The molecular weight excluding hydrogens is 288 g/mol. The zero-order valence-electron chi connectivity index (χ0n) is 14.0. The van der Waals surface area contributed by atoms with Crippen molar-refractivity contribution >= 4 is 17.5 Å². The van der Waals surface area contributed by atoms with Crippen molar-refractivity contribution in [3.05, 3.63) is 48.3 Å². The van der Waals surface area contributed by atoms with Gasteiger partial charge in [-0.1, -0.05) is 32.0 Å². The van der Waals surface area contributed by atoms with Crippen LogP contribution in [0.2, 0.25) is 0 Å². The number of hydrogen-bond donors (Lipinski definition) is 1. The van der Waals surface area contributed by atoms with Gasteiger partial charge in [-0.2, -0.15) is 0 Å². The summed E-state index contributed by atoms with van der Waals surface area (Å²) in [5.41, 5.74) is 1.40. The number of carbonyl (C=O) groups excluding carboxylic acids is 1. The molecule has 2 rings (SSSR count). The summed E-state index contributed by atoms with van der Waals surface area (Å²) in [5, 5.41) is 2.91. The summed E-state index contributed by atoms with van der Waals surface area (Å²) in [6.07, 6.45) is 2.58. The van der Waals surface area contributed by atoms with E-state index in [1.165, 1.54) is 0 Å². The van der Waals surface area contributed by atoms with Crippen LogP contribution in [0, 0.1) is 5.92 Å². The minimum atomic E-state index is -0.154. The Kier molecular flexibility index (Phi) is 6.09. The molecule has 0 unspecified atom stereocenters. The van der Waals surface area contributed by atoms with Gasteiger partial charge in [0, 0.05) is 25.0 Å². The second-order valence-electron chi connectivity index (χ2n) is 5.76. The fourth-order valence-electron chi connectivity index (χ4n) is 2.22. The third-order valence-corrected chi connectivity index (χ3v) is 3.51. The molecule has 0 aliphatic carbocycles. The summed E-state index contributed by atoms with van der Waals surface area (Å²) in [4.78, 5) is 22.9. The van der Waals surface area contributed by atoms with E-state index < -0.39 is 0 Å². The molecule has 1 heterocycles. The van der Waals surface area contributed by atoms with Crippen molar-refractivity contribution in [2.24, 2.45) is 5.92 Å². The van der Waals surface area contributed by atoms with Gasteiger partial charge in [0.05, 0.1) is 0 Å². The predicted octanol–water partition coefficient (Wildman–Crippen LogP) is 3.41. The van der Waals surface area contributed by atoms with E-state index >= 15 is 0 Å². The number of nitrogens with zero attached hydrogens (tertiary/aromatic N) is 3. The normalized spacial score (nSPS) is 10.6. The summed E-state index contributed by atoms with van der Waals surface area (Å²) in [5.74, 6) is 0.943. The lowest BCUT2D eigenvalue weighted by molar-refractivity contribution is 0.0947. The zero-order chi connectivity index (χ0) is 16.7. The molecule has 0 saturated carbocycles. The molecule has 0 fully saturated rings. The molecule has 1 aromatic heterocycles. The summed E-state index contributed by atoms with van der Waals surface area (Å²) < 4.78 is 0. The SMILES string of the molecule is CCN(c1ccccc1)c1nccc(C(=O)NCCC(C)C)n1. The van der Waals surface area contributed by atoms with Gasteiger partial charge < -0.3 is 10.2 Å². The number of anilines is 2. The van der Waals surface area contributed by atoms with Crippen LogP contribution in [-0.2, 0) is 0 Å². The van der Waals surface area contributed by atoms with Gasteiger partial charge in [0.1, 0.15) is 5.69 Å². The van der Waals surface area contributed by atoms with Crippen LogP contribution in [-0.4, -0.2) is 29.0 Å². The molecule has 23 heavy (non-hydrogen) atoms. The van der Waals surface area contributed by atoms with Gasteiger partial charge >= 0.3 is 0 Å². The molecule has 0 aliphatic rings. The van der Waals surface area contributed by atoms with Crippen LogP contribution in [0.15, 0.2) is 42.6 Å². The largest absolute Gasteiger partial charge is 0.351 e. The van der Waals surface area contributed by atoms with E-state index in [0.29, 0.717) is 24.1 Å². The van der Waals surface area contributed by atoms with Gasteiger partial charge in [0.15, 0.2) is 0 Å². The van der Waals surface area contributed by atoms with E-state index in [4.69, 9.17) is 0 Å². The fourth-order valence-corrected chi connectivity index (χ4v) is 2.22. The number of para-hydroxylation sites is 1. The molecule has 5 nitrogen and oxygen atoms in total. The first-order chi connectivity index (χ1) is 11.1. The summed E-state index contributed by atoms with van der Waals surface area (Å²) in [6.45, 7) is 7.68. The minimum absolute atomic E-state index is 0.154. The van der Waals surface area contributed by atoms with Gasteiger partial charge in [-0.3, -0.25) is 4.79 Å². The second-order valence-corrected chi connectivity index (χ2v) is 5.76. The quantitative estimate of drug-likeness (QED) is 0.851. The van der Waals surface area contributed by atoms with E-state index in [1.807, 2.05) is 42.2 Å². The average Bonchev–Trinajstić information content (AvgIpc) is 2.56. The minimum Gasteiger partial charge on any atom is -0.351 e. The Morgan fingerprint density at radius 3 is 2.61 bits per heavy atom. The van der Waals surface area contributed by atoms with E-state index in [-0.39, 0.29) is 5.91 Å². The maximum atomic E-state index is 12.2. The molecule has 1 amide bonds. The topological polar surface area (TPSA) is 58.1 Å². The van der Waals surface area contributed by atoms with E-state index in [2.05, 4.69) is 29.1 Å². The Balaban J connectivity index is 2.13. The number of carbonyl (C=O) groups is 1. The lowest BCUT2D eigenvalue weighted by atomic mass is 10.1.